The zero-order valence-electron chi connectivity index (χ0n) is 9.52. The first-order valence-corrected chi connectivity index (χ1v) is 5.93. The molecular formula is C12H21N3. The Morgan fingerprint density at radius 1 is 1.27 bits per heavy atom. The molecule has 2 heterocycles. The number of likely N-dealkylation sites (tertiary alicyclic amines) is 1. The van der Waals surface area contributed by atoms with Gasteiger partial charge in [-0.2, -0.15) is 0 Å². The van der Waals surface area contributed by atoms with E-state index in [1.807, 2.05) is 29.2 Å². The van der Waals surface area contributed by atoms with Crippen molar-refractivity contribution in [2.75, 3.05) is 25.6 Å². The van der Waals surface area contributed by atoms with Crippen LogP contribution in [0.3, 0.4) is 0 Å². The van der Waals surface area contributed by atoms with Crippen LogP contribution in [-0.2, 0) is 0 Å². The largest absolute Gasteiger partial charge is 0.326 e. The Labute approximate surface area is 92.0 Å². The second-order valence-electron chi connectivity index (χ2n) is 4.42. The molecule has 15 heavy (non-hydrogen) atoms. The van der Waals surface area contributed by atoms with Gasteiger partial charge in [0, 0.05) is 25.0 Å². The summed E-state index contributed by atoms with van der Waals surface area (Å²) in [5.74, 6) is 0. The standard InChI is InChI=1S/C12H21N3/c1-14-9-3-2-6-12(14)7-8-13-15-10-4-5-11-15/h4-5,10-13H,2-3,6-9H2,1H3. The van der Waals surface area contributed by atoms with Gasteiger partial charge < -0.3 is 10.3 Å². The summed E-state index contributed by atoms with van der Waals surface area (Å²) in [4.78, 5) is 2.50. The van der Waals surface area contributed by atoms with Crippen LogP contribution in [0.2, 0.25) is 0 Å². The molecule has 1 unspecified atom stereocenters. The summed E-state index contributed by atoms with van der Waals surface area (Å²) >= 11 is 0. The summed E-state index contributed by atoms with van der Waals surface area (Å²) in [5, 5.41) is 0. The quantitative estimate of drug-likeness (QED) is 0.814. The molecular weight excluding hydrogens is 186 g/mol. The lowest BCUT2D eigenvalue weighted by atomic mass is 10.0. The number of rotatable bonds is 4. The average molecular weight is 207 g/mol. The number of nitrogens with one attached hydrogen (secondary N) is 1. The van der Waals surface area contributed by atoms with E-state index < -0.39 is 0 Å². The van der Waals surface area contributed by atoms with E-state index >= 15 is 0 Å². The molecule has 84 valence electrons. The Morgan fingerprint density at radius 2 is 2.07 bits per heavy atom. The molecule has 3 heteroatoms. The van der Waals surface area contributed by atoms with Crippen molar-refractivity contribution in [1.29, 1.82) is 0 Å². The first-order chi connectivity index (χ1) is 7.36. The summed E-state index contributed by atoms with van der Waals surface area (Å²) in [6, 6.07) is 4.86. The molecule has 1 aromatic heterocycles. The van der Waals surface area contributed by atoms with Crippen LogP contribution in [0.15, 0.2) is 24.5 Å². The topological polar surface area (TPSA) is 20.2 Å². The minimum absolute atomic E-state index is 0.779. The first-order valence-electron chi connectivity index (χ1n) is 5.93. The highest BCUT2D eigenvalue weighted by Gasteiger charge is 2.17. The molecule has 1 fully saturated rings. The van der Waals surface area contributed by atoms with Crippen LogP contribution in [0.25, 0.3) is 0 Å². The SMILES string of the molecule is CN1CCCCC1CCNn1cccc1. The van der Waals surface area contributed by atoms with Gasteiger partial charge in [-0.05, 0) is 45.0 Å². The molecule has 1 aliphatic rings. The van der Waals surface area contributed by atoms with E-state index in [1.54, 1.807) is 0 Å². The summed E-state index contributed by atoms with van der Waals surface area (Å²) in [7, 11) is 2.25. The minimum atomic E-state index is 0.779. The molecule has 3 nitrogen and oxygen atoms in total. The summed E-state index contributed by atoms with van der Waals surface area (Å²) < 4.78 is 2.03. The van der Waals surface area contributed by atoms with E-state index in [0.717, 1.165) is 12.6 Å². The lowest BCUT2D eigenvalue weighted by Crippen LogP contribution is -2.37. The summed E-state index contributed by atoms with van der Waals surface area (Å²) in [6.45, 7) is 2.33. The van der Waals surface area contributed by atoms with Gasteiger partial charge >= 0.3 is 0 Å². The first kappa shape index (κ1) is 10.6. The van der Waals surface area contributed by atoms with Crippen LogP contribution < -0.4 is 5.43 Å². The fourth-order valence-electron chi connectivity index (χ4n) is 2.31. The molecule has 1 N–H and O–H groups in total. The van der Waals surface area contributed by atoms with Gasteiger partial charge in [0.25, 0.3) is 0 Å². The Kier molecular flexibility index (Phi) is 3.67. The van der Waals surface area contributed by atoms with Crippen molar-refractivity contribution in [3.8, 4) is 0 Å². The fourth-order valence-corrected chi connectivity index (χ4v) is 2.31. The van der Waals surface area contributed by atoms with Gasteiger partial charge in [0.2, 0.25) is 0 Å². The molecule has 0 radical (unpaired) electrons. The molecule has 0 aromatic carbocycles. The normalized spacial score (nSPS) is 22.9. The molecule has 1 aliphatic heterocycles. The molecule has 1 atom stereocenters. The lowest BCUT2D eigenvalue weighted by molar-refractivity contribution is 0.178. The second kappa shape index (κ2) is 5.21. The number of piperidine rings is 1. The van der Waals surface area contributed by atoms with Gasteiger partial charge in [0.15, 0.2) is 0 Å². The van der Waals surface area contributed by atoms with Crippen LogP contribution in [0.5, 0.6) is 0 Å². The smallest absolute Gasteiger partial charge is 0.0328 e. The van der Waals surface area contributed by atoms with Crippen molar-refractivity contribution < 1.29 is 0 Å². The number of hydrogen-bond acceptors (Lipinski definition) is 2. The third-order valence-corrected chi connectivity index (χ3v) is 3.30. The van der Waals surface area contributed by atoms with Crippen LogP contribution >= 0.6 is 0 Å². The van der Waals surface area contributed by atoms with Gasteiger partial charge in [-0.1, -0.05) is 6.42 Å². The summed E-state index contributed by atoms with van der Waals surface area (Å²) in [5.41, 5.74) is 3.38. The Morgan fingerprint density at radius 3 is 2.80 bits per heavy atom. The maximum Gasteiger partial charge on any atom is 0.0328 e. The fraction of sp³-hybridized carbons (Fsp3) is 0.667. The van der Waals surface area contributed by atoms with E-state index in [0.29, 0.717) is 0 Å². The average Bonchev–Trinajstić information content (AvgIpc) is 2.74. The molecule has 1 saturated heterocycles. The van der Waals surface area contributed by atoms with Crippen molar-refractivity contribution in [2.24, 2.45) is 0 Å². The molecule has 0 bridgehead atoms. The maximum absolute atomic E-state index is 3.38. The Hall–Kier alpha value is -0.960. The van der Waals surface area contributed by atoms with Crippen LogP contribution in [0, 0.1) is 0 Å². The number of hydrogen-bond donors (Lipinski definition) is 1. The van der Waals surface area contributed by atoms with Gasteiger partial charge in [0.05, 0.1) is 0 Å². The zero-order chi connectivity index (χ0) is 10.5. The molecule has 0 amide bonds. The van der Waals surface area contributed by atoms with Gasteiger partial charge in [-0.25, -0.2) is 0 Å². The second-order valence-corrected chi connectivity index (χ2v) is 4.42. The van der Waals surface area contributed by atoms with Crippen LogP contribution in [0.1, 0.15) is 25.7 Å². The van der Waals surface area contributed by atoms with E-state index in [1.165, 1.54) is 32.2 Å². The Balaban J connectivity index is 1.68. The zero-order valence-corrected chi connectivity index (χ0v) is 9.52. The van der Waals surface area contributed by atoms with E-state index in [-0.39, 0.29) is 0 Å². The predicted octanol–water partition coefficient (Wildman–Crippen LogP) is 1.91. The molecule has 0 saturated carbocycles. The molecule has 0 aliphatic carbocycles. The van der Waals surface area contributed by atoms with Crippen LogP contribution in [-0.4, -0.2) is 35.8 Å². The number of aromatic nitrogens is 1. The monoisotopic (exact) mass is 207 g/mol. The van der Waals surface area contributed by atoms with Crippen molar-refractivity contribution in [3.05, 3.63) is 24.5 Å². The van der Waals surface area contributed by atoms with Crippen molar-refractivity contribution in [1.82, 2.24) is 9.58 Å². The van der Waals surface area contributed by atoms with E-state index in [9.17, 15) is 0 Å². The lowest BCUT2D eigenvalue weighted by Gasteiger charge is -2.32. The van der Waals surface area contributed by atoms with E-state index in [2.05, 4.69) is 17.4 Å². The molecule has 0 spiro atoms. The third kappa shape index (κ3) is 2.99. The predicted molar refractivity (Wildman–Crippen MR) is 63.5 cm³/mol. The Bertz CT molecular complexity index is 268. The van der Waals surface area contributed by atoms with Crippen molar-refractivity contribution in [3.63, 3.8) is 0 Å². The summed E-state index contributed by atoms with van der Waals surface area (Å²) in [6.07, 6.45) is 9.48. The highest BCUT2D eigenvalue weighted by Crippen LogP contribution is 2.17. The third-order valence-electron chi connectivity index (χ3n) is 3.30. The molecule has 1 aromatic rings. The van der Waals surface area contributed by atoms with E-state index in [4.69, 9.17) is 0 Å². The highest BCUT2D eigenvalue weighted by molar-refractivity contribution is 4.93. The number of nitrogens with zero attached hydrogens (tertiary/aromatic N) is 2. The highest BCUT2D eigenvalue weighted by atomic mass is 15.4. The van der Waals surface area contributed by atoms with Crippen molar-refractivity contribution in [2.45, 2.75) is 31.7 Å². The van der Waals surface area contributed by atoms with Gasteiger partial charge in [0.1, 0.15) is 0 Å². The molecule has 2 rings (SSSR count). The van der Waals surface area contributed by atoms with Gasteiger partial charge in [-0.3, -0.25) is 4.68 Å². The van der Waals surface area contributed by atoms with Gasteiger partial charge in [-0.15, -0.1) is 0 Å². The maximum atomic E-state index is 3.38. The minimum Gasteiger partial charge on any atom is -0.326 e. The van der Waals surface area contributed by atoms with Crippen molar-refractivity contribution >= 4 is 0 Å². The van der Waals surface area contributed by atoms with Crippen LogP contribution in [0.4, 0.5) is 0 Å².